The number of nitrogens with zero attached hydrogens (tertiary/aromatic N) is 1. The van der Waals surface area contributed by atoms with E-state index >= 15 is 0 Å². The van der Waals surface area contributed by atoms with Gasteiger partial charge in [-0.15, -0.1) is 0 Å². The number of aliphatic imine (C=N–C) groups is 1. The van der Waals surface area contributed by atoms with Gasteiger partial charge in [0.1, 0.15) is 0 Å². The molecule has 1 aliphatic rings. The van der Waals surface area contributed by atoms with Crippen LogP contribution in [0.25, 0.3) is 6.08 Å². The second-order valence-corrected chi connectivity index (χ2v) is 5.58. The zero-order chi connectivity index (χ0) is 14.8. The molecule has 4 heteroatoms. The lowest BCUT2D eigenvalue weighted by atomic mass is 10.1. The van der Waals surface area contributed by atoms with E-state index in [0.717, 1.165) is 15.6 Å². The Bertz CT molecular complexity index is 761. The molecule has 104 valence electrons. The van der Waals surface area contributed by atoms with Crippen molar-refractivity contribution in [1.82, 2.24) is 0 Å². The van der Waals surface area contributed by atoms with Crippen LogP contribution in [-0.2, 0) is 9.53 Å². The first-order valence-electron chi connectivity index (χ1n) is 6.47. The molecule has 2 aromatic carbocycles. The van der Waals surface area contributed by atoms with Crippen molar-refractivity contribution in [1.29, 1.82) is 0 Å². The summed E-state index contributed by atoms with van der Waals surface area (Å²) in [7, 11) is 0. The monoisotopic (exact) mass is 341 g/mol. The molecule has 21 heavy (non-hydrogen) atoms. The van der Waals surface area contributed by atoms with Gasteiger partial charge in [0, 0.05) is 4.47 Å². The van der Waals surface area contributed by atoms with Crippen molar-refractivity contribution in [2.45, 2.75) is 6.92 Å². The number of halogens is 1. The number of cyclic esters (lactones) is 1. The van der Waals surface area contributed by atoms with Gasteiger partial charge in [-0.25, -0.2) is 9.79 Å². The second kappa shape index (κ2) is 5.66. The Kier molecular flexibility index (Phi) is 3.71. The molecule has 0 spiro atoms. The van der Waals surface area contributed by atoms with E-state index in [1.165, 1.54) is 5.56 Å². The molecule has 0 unspecified atom stereocenters. The molecule has 1 heterocycles. The van der Waals surface area contributed by atoms with Crippen molar-refractivity contribution in [3.05, 3.63) is 75.4 Å². The summed E-state index contributed by atoms with van der Waals surface area (Å²) >= 11 is 3.43. The third-order valence-electron chi connectivity index (χ3n) is 3.11. The topological polar surface area (TPSA) is 38.7 Å². The van der Waals surface area contributed by atoms with Crippen molar-refractivity contribution in [2.75, 3.05) is 0 Å². The van der Waals surface area contributed by atoms with Crippen LogP contribution in [-0.4, -0.2) is 11.9 Å². The molecule has 0 aromatic heterocycles. The van der Waals surface area contributed by atoms with Gasteiger partial charge in [-0.2, -0.15) is 0 Å². The third-order valence-corrected chi connectivity index (χ3v) is 3.80. The first kappa shape index (κ1) is 13.8. The molecular formula is C17H12BrNO2. The largest absolute Gasteiger partial charge is 0.402 e. The van der Waals surface area contributed by atoms with Gasteiger partial charge in [0.15, 0.2) is 5.70 Å². The van der Waals surface area contributed by atoms with Crippen LogP contribution in [0.2, 0.25) is 0 Å². The first-order chi connectivity index (χ1) is 10.1. The van der Waals surface area contributed by atoms with Crippen LogP contribution in [0.15, 0.2) is 63.7 Å². The number of aryl methyl sites for hydroxylation is 1. The van der Waals surface area contributed by atoms with Crippen LogP contribution in [0.1, 0.15) is 16.7 Å². The first-order valence-corrected chi connectivity index (χ1v) is 7.27. The van der Waals surface area contributed by atoms with E-state index in [4.69, 9.17) is 4.74 Å². The summed E-state index contributed by atoms with van der Waals surface area (Å²) in [6.07, 6.45) is 1.73. The fraction of sp³-hybridized carbons (Fsp3) is 0.0588. The van der Waals surface area contributed by atoms with Crippen LogP contribution >= 0.6 is 15.9 Å². The van der Waals surface area contributed by atoms with Crippen LogP contribution in [0.3, 0.4) is 0 Å². The lowest BCUT2D eigenvalue weighted by Gasteiger charge is -2.01. The summed E-state index contributed by atoms with van der Waals surface area (Å²) < 4.78 is 6.09. The summed E-state index contributed by atoms with van der Waals surface area (Å²) in [5.74, 6) is -0.104. The third kappa shape index (κ3) is 2.95. The minimum Gasteiger partial charge on any atom is -0.402 e. The smallest absolute Gasteiger partial charge is 0.363 e. The maximum Gasteiger partial charge on any atom is 0.363 e. The predicted octanol–water partition coefficient (Wildman–Crippen LogP) is 4.10. The van der Waals surface area contributed by atoms with Crippen molar-refractivity contribution in [3.63, 3.8) is 0 Å². The van der Waals surface area contributed by atoms with Gasteiger partial charge in [-0.3, -0.25) is 0 Å². The van der Waals surface area contributed by atoms with E-state index in [-0.39, 0.29) is 0 Å². The number of hydrogen-bond acceptors (Lipinski definition) is 3. The number of ether oxygens (including phenoxy) is 1. The van der Waals surface area contributed by atoms with E-state index in [1.807, 2.05) is 55.5 Å². The fourth-order valence-electron chi connectivity index (χ4n) is 1.98. The molecular weight excluding hydrogens is 330 g/mol. The Balaban J connectivity index is 1.96. The Labute approximate surface area is 131 Å². The SMILES string of the molecule is Cc1ccc(/C=C2/N=C(c3ccccc3Br)OC2=O)cc1. The highest BCUT2D eigenvalue weighted by atomic mass is 79.9. The molecule has 0 saturated heterocycles. The summed E-state index contributed by atoms with van der Waals surface area (Å²) in [4.78, 5) is 16.2. The van der Waals surface area contributed by atoms with E-state index in [2.05, 4.69) is 20.9 Å². The van der Waals surface area contributed by atoms with Crippen LogP contribution in [0.5, 0.6) is 0 Å². The van der Waals surface area contributed by atoms with Crippen molar-refractivity contribution < 1.29 is 9.53 Å². The van der Waals surface area contributed by atoms with E-state index < -0.39 is 5.97 Å². The lowest BCUT2D eigenvalue weighted by Crippen LogP contribution is -2.05. The van der Waals surface area contributed by atoms with Gasteiger partial charge in [0.2, 0.25) is 5.90 Å². The van der Waals surface area contributed by atoms with Crippen molar-refractivity contribution >= 4 is 33.9 Å². The van der Waals surface area contributed by atoms with Gasteiger partial charge in [0.25, 0.3) is 0 Å². The standard InChI is InChI=1S/C17H12BrNO2/c1-11-6-8-12(9-7-11)10-15-17(20)21-16(19-15)13-4-2-3-5-14(13)18/h2-10H,1H3/b15-10+. The number of hydrogen-bond donors (Lipinski definition) is 0. The Morgan fingerprint density at radius 3 is 2.52 bits per heavy atom. The van der Waals surface area contributed by atoms with E-state index in [1.54, 1.807) is 6.08 Å². The summed E-state index contributed by atoms with van der Waals surface area (Å²) in [6, 6.07) is 15.4. The maximum absolute atomic E-state index is 11.9. The Morgan fingerprint density at radius 2 is 1.81 bits per heavy atom. The lowest BCUT2D eigenvalue weighted by molar-refractivity contribution is -0.129. The Morgan fingerprint density at radius 1 is 1.10 bits per heavy atom. The Hall–Kier alpha value is -2.20. The van der Waals surface area contributed by atoms with E-state index in [0.29, 0.717) is 11.6 Å². The minimum absolute atomic E-state index is 0.310. The number of rotatable bonds is 2. The average molecular weight is 342 g/mol. The van der Waals surface area contributed by atoms with Crippen LogP contribution in [0, 0.1) is 6.92 Å². The molecule has 0 saturated carbocycles. The van der Waals surface area contributed by atoms with Crippen LogP contribution in [0.4, 0.5) is 0 Å². The number of esters is 1. The molecule has 0 amide bonds. The highest BCUT2D eigenvalue weighted by Gasteiger charge is 2.25. The molecule has 0 radical (unpaired) electrons. The molecule has 0 fully saturated rings. The van der Waals surface area contributed by atoms with Crippen molar-refractivity contribution in [3.8, 4) is 0 Å². The molecule has 3 nitrogen and oxygen atoms in total. The molecule has 1 aliphatic heterocycles. The quantitative estimate of drug-likeness (QED) is 0.609. The summed E-state index contributed by atoms with van der Waals surface area (Å²) in [6.45, 7) is 2.02. The molecule has 0 aliphatic carbocycles. The summed E-state index contributed by atoms with van der Waals surface area (Å²) in [5, 5.41) is 0. The number of benzene rings is 2. The van der Waals surface area contributed by atoms with Gasteiger partial charge in [-0.1, -0.05) is 42.0 Å². The highest BCUT2D eigenvalue weighted by Crippen LogP contribution is 2.23. The minimum atomic E-state index is -0.429. The van der Waals surface area contributed by atoms with Gasteiger partial charge in [-0.05, 0) is 46.6 Å². The zero-order valence-corrected chi connectivity index (χ0v) is 12.9. The number of carbonyl (C=O) groups excluding carboxylic acids is 1. The molecule has 3 rings (SSSR count). The van der Waals surface area contributed by atoms with Gasteiger partial charge >= 0.3 is 5.97 Å². The normalized spacial score (nSPS) is 16.0. The zero-order valence-electron chi connectivity index (χ0n) is 11.3. The molecule has 0 N–H and O–H groups in total. The summed E-state index contributed by atoms with van der Waals surface area (Å²) in [5.41, 5.74) is 3.16. The van der Waals surface area contributed by atoms with Gasteiger partial charge < -0.3 is 4.74 Å². The van der Waals surface area contributed by atoms with Gasteiger partial charge in [0.05, 0.1) is 5.56 Å². The van der Waals surface area contributed by atoms with E-state index in [9.17, 15) is 4.79 Å². The fourth-order valence-corrected chi connectivity index (χ4v) is 2.43. The maximum atomic E-state index is 11.9. The van der Waals surface area contributed by atoms with Crippen molar-refractivity contribution in [2.24, 2.45) is 4.99 Å². The van der Waals surface area contributed by atoms with Crippen LogP contribution < -0.4 is 0 Å². The molecule has 0 atom stereocenters. The highest BCUT2D eigenvalue weighted by molar-refractivity contribution is 9.10. The second-order valence-electron chi connectivity index (χ2n) is 4.73. The average Bonchev–Trinajstić information content (AvgIpc) is 2.83. The predicted molar refractivity (Wildman–Crippen MR) is 85.9 cm³/mol. The number of carbonyl (C=O) groups is 1. The molecule has 2 aromatic rings. The molecule has 0 bridgehead atoms.